The van der Waals surface area contributed by atoms with Crippen LogP contribution in [0.2, 0.25) is 0 Å². The van der Waals surface area contributed by atoms with Crippen LogP contribution in [0.15, 0.2) is 71.9 Å². The molecule has 0 unspecified atom stereocenters. The predicted molar refractivity (Wildman–Crippen MR) is 129 cm³/mol. The lowest BCUT2D eigenvalue weighted by atomic mass is 10.1. The van der Waals surface area contributed by atoms with Crippen molar-refractivity contribution in [3.63, 3.8) is 0 Å². The number of nitrogens with zero attached hydrogens (tertiary/aromatic N) is 4. The van der Waals surface area contributed by atoms with Gasteiger partial charge in [-0.3, -0.25) is 29.2 Å². The molecule has 1 aliphatic rings. The lowest BCUT2D eigenvalue weighted by Crippen LogP contribution is -2.42. The molecular formula is C24H18N4O3S2. The van der Waals surface area contributed by atoms with Crippen LogP contribution in [-0.2, 0) is 11.3 Å². The van der Waals surface area contributed by atoms with E-state index in [0.29, 0.717) is 16.3 Å². The Labute approximate surface area is 198 Å². The summed E-state index contributed by atoms with van der Waals surface area (Å²) < 4.78 is 0.960. The third-order valence-electron chi connectivity index (χ3n) is 5.36. The Morgan fingerprint density at radius 2 is 1.79 bits per heavy atom. The fraction of sp³-hybridized carbons (Fsp3) is 0.125. The van der Waals surface area contributed by atoms with Crippen molar-refractivity contribution in [2.24, 2.45) is 0 Å². The third kappa shape index (κ3) is 3.90. The zero-order chi connectivity index (χ0) is 22.9. The molecule has 3 heterocycles. The van der Waals surface area contributed by atoms with Crippen LogP contribution < -0.4 is 4.90 Å². The molecule has 0 saturated carbocycles. The first kappa shape index (κ1) is 21.3. The minimum atomic E-state index is -0.459. The van der Waals surface area contributed by atoms with Crippen molar-refractivity contribution in [1.29, 1.82) is 0 Å². The van der Waals surface area contributed by atoms with Crippen LogP contribution in [0.25, 0.3) is 10.2 Å². The number of anilines is 1. The Hall–Kier alpha value is -3.56. The number of thiazole rings is 1. The largest absolute Gasteiger partial charge is 0.282 e. The maximum atomic E-state index is 13.5. The summed E-state index contributed by atoms with van der Waals surface area (Å²) in [6, 6.07) is 16.2. The minimum absolute atomic E-state index is 0.226. The summed E-state index contributed by atoms with van der Waals surface area (Å²) in [5.74, 6) is -1.31. The van der Waals surface area contributed by atoms with Gasteiger partial charge in [-0.25, -0.2) is 4.98 Å². The Kier molecular flexibility index (Phi) is 5.65. The first-order valence-corrected chi connectivity index (χ1v) is 12.2. The number of carbonyl (C=O) groups is 3. The maximum Gasteiger partial charge on any atom is 0.262 e. The molecule has 3 amide bonds. The second-order valence-corrected chi connectivity index (χ2v) is 9.24. The second kappa shape index (κ2) is 8.76. The molecule has 2 aromatic carbocycles. The first-order valence-electron chi connectivity index (χ1n) is 10.1. The zero-order valence-electron chi connectivity index (χ0n) is 17.6. The summed E-state index contributed by atoms with van der Waals surface area (Å²) in [5, 5.41) is 0.511. The van der Waals surface area contributed by atoms with Gasteiger partial charge in [0.2, 0.25) is 5.91 Å². The number of carbonyl (C=O) groups excluding carboxylic acids is 3. The van der Waals surface area contributed by atoms with Crippen molar-refractivity contribution in [3.05, 3.63) is 83.7 Å². The topological polar surface area (TPSA) is 83.5 Å². The standard InChI is InChI=1S/C24H18N4O3S2/c1-32-18-9-4-10-19-21(18)26-24(33-19)27(13-15-6-5-11-25-12-15)20(29)14-28-22(30)16-7-2-3-8-17(16)23(28)31/h2-12H,13-14H2,1H3. The molecule has 5 rings (SSSR count). The van der Waals surface area contributed by atoms with Crippen molar-refractivity contribution < 1.29 is 14.4 Å². The number of amides is 3. The molecule has 4 aromatic rings. The summed E-state index contributed by atoms with van der Waals surface area (Å²) >= 11 is 2.99. The monoisotopic (exact) mass is 474 g/mol. The number of para-hydroxylation sites is 1. The molecule has 0 fully saturated rings. The number of thioether (sulfide) groups is 1. The molecular weight excluding hydrogens is 456 g/mol. The number of hydrogen-bond donors (Lipinski definition) is 0. The summed E-state index contributed by atoms with van der Waals surface area (Å²) in [5.41, 5.74) is 2.28. The Morgan fingerprint density at radius 3 is 2.45 bits per heavy atom. The van der Waals surface area contributed by atoms with E-state index in [0.717, 1.165) is 25.6 Å². The second-order valence-electron chi connectivity index (χ2n) is 7.39. The maximum absolute atomic E-state index is 13.5. The van der Waals surface area contributed by atoms with E-state index in [1.165, 1.54) is 16.2 Å². The van der Waals surface area contributed by atoms with Crippen LogP contribution in [0.1, 0.15) is 26.3 Å². The normalized spacial score (nSPS) is 12.9. The highest BCUT2D eigenvalue weighted by molar-refractivity contribution is 7.98. The lowest BCUT2D eigenvalue weighted by molar-refractivity contribution is -0.119. The summed E-state index contributed by atoms with van der Waals surface area (Å²) in [6.07, 6.45) is 5.33. The van der Waals surface area contributed by atoms with Crippen molar-refractivity contribution in [1.82, 2.24) is 14.9 Å². The quantitative estimate of drug-likeness (QED) is 0.307. The van der Waals surface area contributed by atoms with Gasteiger partial charge in [0.1, 0.15) is 6.54 Å². The molecule has 0 atom stereocenters. The number of rotatable bonds is 6. The van der Waals surface area contributed by atoms with E-state index in [-0.39, 0.29) is 13.1 Å². The van der Waals surface area contributed by atoms with E-state index < -0.39 is 17.7 Å². The molecule has 0 radical (unpaired) electrons. The molecule has 0 saturated heterocycles. The van der Waals surface area contributed by atoms with Gasteiger partial charge in [0.25, 0.3) is 11.8 Å². The van der Waals surface area contributed by atoms with Crippen LogP contribution in [0.4, 0.5) is 5.13 Å². The van der Waals surface area contributed by atoms with Crippen molar-refractivity contribution in [2.75, 3.05) is 17.7 Å². The summed E-state index contributed by atoms with van der Waals surface area (Å²) in [7, 11) is 0. The molecule has 0 spiro atoms. The minimum Gasteiger partial charge on any atom is -0.282 e. The van der Waals surface area contributed by atoms with E-state index in [1.54, 1.807) is 54.5 Å². The Morgan fingerprint density at radius 1 is 1.03 bits per heavy atom. The highest BCUT2D eigenvalue weighted by atomic mass is 32.2. The molecule has 9 heteroatoms. The number of hydrogen-bond acceptors (Lipinski definition) is 7. The van der Waals surface area contributed by atoms with Gasteiger partial charge in [0.15, 0.2) is 5.13 Å². The number of aromatic nitrogens is 2. The summed E-state index contributed by atoms with van der Waals surface area (Å²) in [4.78, 5) is 51.5. The number of fused-ring (bicyclic) bond motifs is 2. The Bertz CT molecular complexity index is 1350. The SMILES string of the molecule is CSc1cccc2sc(N(Cc3cccnc3)C(=O)CN3C(=O)c4ccccc4C3=O)nc12. The highest BCUT2D eigenvalue weighted by Crippen LogP contribution is 2.35. The zero-order valence-corrected chi connectivity index (χ0v) is 19.2. The van der Waals surface area contributed by atoms with Gasteiger partial charge in [0.05, 0.1) is 27.9 Å². The van der Waals surface area contributed by atoms with E-state index in [4.69, 9.17) is 4.98 Å². The molecule has 1 aliphatic heterocycles. The first-order chi connectivity index (χ1) is 16.1. The predicted octanol–water partition coefficient (Wildman–Crippen LogP) is 4.24. The molecule has 164 valence electrons. The molecule has 0 aliphatic carbocycles. The van der Waals surface area contributed by atoms with E-state index in [2.05, 4.69) is 4.98 Å². The van der Waals surface area contributed by atoms with Gasteiger partial charge in [-0.05, 0) is 42.2 Å². The number of benzene rings is 2. The summed E-state index contributed by atoms with van der Waals surface area (Å²) in [6.45, 7) is -0.137. The molecule has 33 heavy (non-hydrogen) atoms. The smallest absolute Gasteiger partial charge is 0.262 e. The van der Waals surface area contributed by atoms with Gasteiger partial charge >= 0.3 is 0 Å². The van der Waals surface area contributed by atoms with E-state index in [9.17, 15) is 14.4 Å². The van der Waals surface area contributed by atoms with Gasteiger partial charge in [-0.1, -0.05) is 35.6 Å². The van der Waals surface area contributed by atoms with E-state index >= 15 is 0 Å². The Balaban J connectivity index is 1.49. The van der Waals surface area contributed by atoms with Crippen molar-refractivity contribution in [3.8, 4) is 0 Å². The average molecular weight is 475 g/mol. The van der Waals surface area contributed by atoms with Gasteiger partial charge in [-0.15, -0.1) is 11.8 Å². The highest BCUT2D eigenvalue weighted by Gasteiger charge is 2.37. The average Bonchev–Trinajstić information content (AvgIpc) is 3.38. The van der Waals surface area contributed by atoms with Gasteiger partial charge in [0, 0.05) is 17.3 Å². The van der Waals surface area contributed by atoms with E-state index in [1.807, 2.05) is 30.5 Å². The molecule has 2 aromatic heterocycles. The number of pyridine rings is 1. The van der Waals surface area contributed by atoms with Gasteiger partial charge < -0.3 is 0 Å². The van der Waals surface area contributed by atoms with Crippen LogP contribution >= 0.6 is 23.1 Å². The number of imide groups is 1. The fourth-order valence-electron chi connectivity index (χ4n) is 3.73. The van der Waals surface area contributed by atoms with Crippen LogP contribution in [-0.4, -0.2) is 45.4 Å². The van der Waals surface area contributed by atoms with Crippen molar-refractivity contribution >= 4 is 56.2 Å². The lowest BCUT2D eigenvalue weighted by Gasteiger charge is -2.22. The van der Waals surface area contributed by atoms with Crippen LogP contribution in [0.5, 0.6) is 0 Å². The van der Waals surface area contributed by atoms with Crippen LogP contribution in [0.3, 0.4) is 0 Å². The van der Waals surface area contributed by atoms with Gasteiger partial charge in [-0.2, -0.15) is 0 Å². The van der Waals surface area contributed by atoms with Crippen molar-refractivity contribution in [2.45, 2.75) is 11.4 Å². The molecule has 0 N–H and O–H groups in total. The van der Waals surface area contributed by atoms with Crippen LogP contribution in [0, 0.1) is 0 Å². The third-order valence-corrected chi connectivity index (χ3v) is 7.17. The molecule has 7 nitrogen and oxygen atoms in total. The fourth-order valence-corrected chi connectivity index (χ4v) is 5.37. The molecule has 0 bridgehead atoms.